The fraction of sp³-hybridized carbons (Fsp3) is 0.571. The van der Waals surface area contributed by atoms with Crippen molar-refractivity contribution in [3.05, 3.63) is 29.8 Å². The van der Waals surface area contributed by atoms with Crippen LogP contribution in [0.5, 0.6) is 5.75 Å². The molecule has 1 heterocycles. The van der Waals surface area contributed by atoms with Crippen molar-refractivity contribution >= 4 is 0 Å². The lowest BCUT2D eigenvalue weighted by Gasteiger charge is -2.22. The highest BCUT2D eigenvalue weighted by Crippen LogP contribution is 2.18. The molecule has 1 fully saturated rings. The molecule has 0 amide bonds. The van der Waals surface area contributed by atoms with E-state index in [9.17, 15) is 0 Å². The maximum Gasteiger partial charge on any atom is 0.119 e. The van der Waals surface area contributed by atoms with Gasteiger partial charge >= 0.3 is 0 Å². The minimum atomic E-state index is 0.666. The van der Waals surface area contributed by atoms with Crippen LogP contribution < -0.4 is 4.74 Å². The minimum absolute atomic E-state index is 0.666. The molecule has 2 rings (SSSR count). The highest BCUT2D eigenvalue weighted by Gasteiger charge is 2.14. The molecular weight excluding hydrogens is 200 g/mol. The molecule has 0 bridgehead atoms. The molecular formula is C14H20O2. The zero-order valence-corrected chi connectivity index (χ0v) is 9.95. The van der Waals surface area contributed by atoms with Crippen LogP contribution in [0.2, 0.25) is 0 Å². The molecule has 0 spiro atoms. The first-order valence-electron chi connectivity index (χ1n) is 6.18. The van der Waals surface area contributed by atoms with Crippen LogP contribution in [0.1, 0.15) is 25.3 Å². The molecule has 1 saturated heterocycles. The topological polar surface area (TPSA) is 18.5 Å². The summed E-state index contributed by atoms with van der Waals surface area (Å²) in [5, 5.41) is 0. The summed E-state index contributed by atoms with van der Waals surface area (Å²) < 4.78 is 11.1. The van der Waals surface area contributed by atoms with Gasteiger partial charge in [-0.1, -0.05) is 19.1 Å². The first-order valence-corrected chi connectivity index (χ1v) is 6.18. The zero-order valence-electron chi connectivity index (χ0n) is 9.95. The van der Waals surface area contributed by atoms with Gasteiger partial charge in [-0.2, -0.15) is 0 Å². The highest BCUT2D eigenvalue weighted by molar-refractivity contribution is 5.27. The van der Waals surface area contributed by atoms with E-state index >= 15 is 0 Å². The van der Waals surface area contributed by atoms with Crippen molar-refractivity contribution in [2.45, 2.75) is 26.2 Å². The van der Waals surface area contributed by atoms with Gasteiger partial charge in [0.2, 0.25) is 0 Å². The molecule has 1 aromatic rings. The van der Waals surface area contributed by atoms with Crippen molar-refractivity contribution in [1.29, 1.82) is 0 Å². The first kappa shape index (κ1) is 11.5. The van der Waals surface area contributed by atoms with Crippen LogP contribution >= 0.6 is 0 Å². The van der Waals surface area contributed by atoms with Gasteiger partial charge in [-0.05, 0) is 42.9 Å². The van der Waals surface area contributed by atoms with Crippen molar-refractivity contribution in [3.8, 4) is 5.75 Å². The van der Waals surface area contributed by atoms with E-state index in [0.29, 0.717) is 5.92 Å². The number of hydrogen-bond donors (Lipinski definition) is 0. The van der Waals surface area contributed by atoms with Crippen molar-refractivity contribution in [1.82, 2.24) is 0 Å². The summed E-state index contributed by atoms with van der Waals surface area (Å²) in [4.78, 5) is 0. The van der Waals surface area contributed by atoms with E-state index in [1.165, 1.54) is 5.56 Å². The Balaban J connectivity index is 1.79. The van der Waals surface area contributed by atoms with Gasteiger partial charge in [0, 0.05) is 13.2 Å². The Hall–Kier alpha value is -1.02. The normalized spacial score (nSPS) is 17.3. The van der Waals surface area contributed by atoms with Crippen LogP contribution in [0.3, 0.4) is 0 Å². The van der Waals surface area contributed by atoms with E-state index in [1.54, 1.807) is 0 Å². The van der Waals surface area contributed by atoms with E-state index in [1.807, 2.05) is 0 Å². The molecule has 1 aliphatic heterocycles. The number of hydrogen-bond acceptors (Lipinski definition) is 2. The Morgan fingerprint density at radius 1 is 1.19 bits per heavy atom. The van der Waals surface area contributed by atoms with Crippen LogP contribution in [-0.2, 0) is 11.2 Å². The highest BCUT2D eigenvalue weighted by atomic mass is 16.5. The molecule has 1 aliphatic rings. The summed E-state index contributed by atoms with van der Waals surface area (Å²) in [6.07, 6.45) is 3.35. The monoisotopic (exact) mass is 220 g/mol. The van der Waals surface area contributed by atoms with Gasteiger partial charge in [0.15, 0.2) is 0 Å². The van der Waals surface area contributed by atoms with Crippen LogP contribution in [0, 0.1) is 5.92 Å². The summed E-state index contributed by atoms with van der Waals surface area (Å²) >= 11 is 0. The summed E-state index contributed by atoms with van der Waals surface area (Å²) in [6, 6.07) is 8.41. The summed E-state index contributed by atoms with van der Waals surface area (Å²) in [6.45, 7) is 4.78. The molecule has 0 aliphatic carbocycles. The van der Waals surface area contributed by atoms with E-state index in [-0.39, 0.29) is 0 Å². The van der Waals surface area contributed by atoms with Crippen LogP contribution in [0.4, 0.5) is 0 Å². The molecule has 88 valence electrons. The largest absolute Gasteiger partial charge is 0.493 e. The van der Waals surface area contributed by atoms with E-state index < -0.39 is 0 Å². The van der Waals surface area contributed by atoms with Gasteiger partial charge in [0.1, 0.15) is 5.75 Å². The van der Waals surface area contributed by atoms with Gasteiger partial charge in [0.25, 0.3) is 0 Å². The Morgan fingerprint density at radius 3 is 2.50 bits per heavy atom. The van der Waals surface area contributed by atoms with E-state index in [4.69, 9.17) is 9.47 Å². The van der Waals surface area contributed by atoms with Crippen molar-refractivity contribution < 1.29 is 9.47 Å². The fourth-order valence-electron chi connectivity index (χ4n) is 1.95. The Morgan fingerprint density at radius 2 is 1.88 bits per heavy atom. The Bertz CT molecular complexity index is 299. The lowest BCUT2D eigenvalue weighted by molar-refractivity contribution is 0.0497. The predicted octanol–water partition coefficient (Wildman–Crippen LogP) is 3.05. The molecule has 0 aromatic heterocycles. The molecule has 0 radical (unpaired) electrons. The molecule has 1 aromatic carbocycles. The summed E-state index contributed by atoms with van der Waals surface area (Å²) in [7, 11) is 0. The molecule has 0 N–H and O–H groups in total. The predicted molar refractivity (Wildman–Crippen MR) is 64.9 cm³/mol. The minimum Gasteiger partial charge on any atom is -0.493 e. The SMILES string of the molecule is CCc1ccc(OCC2CCOCC2)cc1. The average Bonchev–Trinajstić information content (AvgIpc) is 2.38. The zero-order chi connectivity index (χ0) is 11.2. The second kappa shape index (κ2) is 5.90. The fourth-order valence-corrected chi connectivity index (χ4v) is 1.95. The quantitative estimate of drug-likeness (QED) is 0.776. The van der Waals surface area contributed by atoms with Crippen molar-refractivity contribution in [2.24, 2.45) is 5.92 Å². The maximum atomic E-state index is 5.79. The second-order valence-corrected chi connectivity index (χ2v) is 4.36. The Labute approximate surface area is 97.6 Å². The summed E-state index contributed by atoms with van der Waals surface area (Å²) in [5.41, 5.74) is 1.36. The number of benzene rings is 1. The molecule has 0 saturated carbocycles. The number of rotatable bonds is 4. The third kappa shape index (κ3) is 3.24. The first-order chi connectivity index (χ1) is 7.88. The van der Waals surface area contributed by atoms with E-state index in [0.717, 1.165) is 44.8 Å². The van der Waals surface area contributed by atoms with Crippen LogP contribution in [0.15, 0.2) is 24.3 Å². The van der Waals surface area contributed by atoms with Crippen molar-refractivity contribution in [2.75, 3.05) is 19.8 Å². The number of aryl methyl sites for hydroxylation is 1. The van der Waals surface area contributed by atoms with Crippen molar-refractivity contribution in [3.63, 3.8) is 0 Å². The van der Waals surface area contributed by atoms with Crippen LogP contribution in [0.25, 0.3) is 0 Å². The molecule has 0 atom stereocenters. The third-order valence-electron chi connectivity index (χ3n) is 3.16. The van der Waals surface area contributed by atoms with E-state index in [2.05, 4.69) is 31.2 Å². The smallest absolute Gasteiger partial charge is 0.119 e. The maximum absolute atomic E-state index is 5.79. The molecule has 2 nitrogen and oxygen atoms in total. The molecule has 16 heavy (non-hydrogen) atoms. The van der Waals surface area contributed by atoms with Gasteiger partial charge in [-0.25, -0.2) is 0 Å². The standard InChI is InChI=1S/C14H20O2/c1-2-12-3-5-14(6-4-12)16-11-13-7-9-15-10-8-13/h3-6,13H,2,7-11H2,1H3. The number of ether oxygens (including phenoxy) is 2. The summed E-state index contributed by atoms with van der Waals surface area (Å²) in [5.74, 6) is 1.66. The van der Waals surface area contributed by atoms with Gasteiger partial charge in [-0.15, -0.1) is 0 Å². The molecule has 0 unspecified atom stereocenters. The second-order valence-electron chi connectivity index (χ2n) is 4.36. The molecule has 2 heteroatoms. The average molecular weight is 220 g/mol. The van der Waals surface area contributed by atoms with Gasteiger partial charge < -0.3 is 9.47 Å². The lowest BCUT2D eigenvalue weighted by Crippen LogP contribution is -2.21. The van der Waals surface area contributed by atoms with Gasteiger partial charge in [0.05, 0.1) is 6.61 Å². The van der Waals surface area contributed by atoms with Crippen LogP contribution in [-0.4, -0.2) is 19.8 Å². The Kier molecular flexibility index (Phi) is 4.23. The van der Waals surface area contributed by atoms with Gasteiger partial charge in [-0.3, -0.25) is 0 Å². The lowest BCUT2D eigenvalue weighted by atomic mass is 10.0. The third-order valence-corrected chi connectivity index (χ3v) is 3.16.